The summed E-state index contributed by atoms with van der Waals surface area (Å²) in [5.74, 6) is 6.84. The van der Waals surface area contributed by atoms with Crippen LogP contribution in [0.25, 0.3) is 0 Å². The normalized spacial score (nSPS) is 49.1. The Morgan fingerprint density at radius 1 is 0.880 bits per heavy atom. The first-order chi connectivity index (χ1) is 12.2. The number of rotatable bonds is 1. The topological polar surface area (TPSA) is 25.8 Å². The molecular weight excluding hydrogens is 304 g/mol. The molecule has 0 N–H and O–H groups in total. The van der Waals surface area contributed by atoms with Gasteiger partial charge in [0.2, 0.25) is 0 Å². The number of nitrogens with zero attached hydrogens (tertiary/aromatic N) is 2. The molecule has 4 aliphatic carbocycles. The number of aromatic nitrogens is 2. The van der Waals surface area contributed by atoms with Crippen LogP contribution in [0.3, 0.4) is 0 Å². The summed E-state index contributed by atoms with van der Waals surface area (Å²) < 4.78 is 0. The summed E-state index contributed by atoms with van der Waals surface area (Å²) in [6.07, 6.45) is 19.2. The lowest BCUT2D eigenvalue weighted by atomic mass is 9.49. The van der Waals surface area contributed by atoms with Crippen LogP contribution >= 0.6 is 0 Å². The quantitative estimate of drug-likeness (QED) is 0.642. The van der Waals surface area contributed by atoms with E-state index in [1.54, 1.807) is 6.33 Å². The maximum absolute atomic E-state index is 4.33. The van der Waals surface area contributed by atoms with E-state index in [0.29, 0.717) is 11.3 Å². The molecule has 1 aromatic heterocycles. The van der Waals surface area contributed by atoms with Gasteiger partial charge in [-0.2, -0.15) is 0 Å². The fourth-order valence-electron chi connectivity index (χ4n) is 8.13. The molecule has 8 atom stereocenters. The highest BCUT2D eigenvalue weighted by molar-refractivity contribution is 5.20. The van der Waals surface area contributed by atoms with Gasteiger partial charge in [-0.15, -0.1) is 0 Å². The van der Waals surface area contributed by atoms with E-state index in [0.717, 1.165) is 35.5 Å². The number of hydrogen-bond acceptors (Lipinski definition) is 2. The first-order valence-corrected chi connectivity index (χ1v) is 10.9. The van der Waals surface area contributed by atoms with E-state index in [2.05, 4.69) is 36.2 Å². The van der Waals surface area contributed by atoms with E-state index >= 15 is 0 Å². The summed E-state index contributed by atoms with van der Waals surface area (Å²) >= 11 is 0. The molecule has 2 heteroatoms. The second-order valence-corrected chi connectivity index (χ2v) is 10.2. The molecule has 136 valence electrons. The van der Waals surface area contributed by atoms with Crippen molar-refractivity contribution < 1.29 is 0 Å². The van der Waals surface area contributed by atoms with Gasteiger partial charge in [0.25, 0.3) is 0 Å². The van der Waals surface area contributed by atoms with Gasteiger partial charge in [-0.3, -0.25) is 0 Å². The summed E-state index contributed by atoms with van der Waals surface area (Å²) in [5.41, 5.74) is 1.91. The second kappa shape index (κ2) is 6.06. The van der Waals surface area contributed by atoms with Crippen molar-refractivity contribution in [1.29, 1.82) is 0 Å². The standard InChI is InChI=1S/C23H34N2/c1-15-3-5-18-16(11-15)4-6-20-19(18)9-10-23(2)21(7-8-22(20)23)17-12-24-14-25-13-17/h12-16,18-22H,3-11H2,1-2H3. The lowest BCUT2D eigenvalue weighted by Crippen LogP contribution is -2.48. The van der Waals surface area contributed by atoms with Crippen molar-refractivity contribution >= 4 is 0 Å². The molecule has 0 saturated heterocycles. The van der Waals surface area contributed by atoms with E-state index in [-0.39, 0.29) is 0 Å². The van der Waals surface area contributed by atoms with E-state index in [1.807, 2.05) is 0 Å². The monoisotopic (exact) mass is 338 g/mol. The van der Waals surface area contributed by atoms with Crippen LogP contribution in [0.15, 0.2) is 18.7 Å². The molecule has 0 bridgehead atoms. The number of fused-ring (bicyclic) bond motifs is 5. The lowest BCUT2D eigenvalue weighted by Gasteiger charge is -2.56. The first kappa shape index (κ1) is 16.3. The molecule has 4 aliphatic rings. The van der Waals surface area contributed by atoms with Crippen molar-refractivity contribution in [1.82, 2.24) is 9.97 Å². The minimum absolute atomic E-state index is 0.501. The zero-order valence-electron chi connectivity index (χ0n) is 16.0. The Balaban J connectivity index is 1.40. The van der Waals surface area contributed by atoms with Crippen LogP contribution in [0.1, 0.15) is 83.1 Å². The minimum atomic E-state index is 0.501. The van der Waals surface area contributed by atoms with Crippen LogP contribution in [0.4, 0.5) is 0 Å². The van der Waals surface area contributed by atoms with Crippen molar-refractivity contribution in [3.05, 3.63) is 24.3 Å². The van der Waals surface area contributed by atoms with Gasteiger partial charge >= 0.3 is 0 Å². The highest BCUT2D eigenvalue weighted by Gasteiger charge is 2.57. The molecular formula is C23H34N2. The van der Waals surface area contributed by atoms with Gasteiger partial charge in [-0.05, 0) is 104 Å². The molecule has 25 heavy (non-hydrogen) atoms. The highest BCUT2D eigenvalue weighted by atomic mass is 14.8. The van der Waals surface area contributed by atoms with Gasteiger partial charge in [0.1, 0.15) is 6.33 Å². The molecule has 1 aromatic rings. The van der Waals surface area contributed by atoms with Crippen LogP contribution in [0.5, 0.6) is 0 Å². The Bertz CT molecular complexity index is 614. The van der Waals surface area contributed by atoms with Crippen LogP contribution in [0.2, 0.25) is 0 Å². The maximum atomic E-state index is 4.33. The Labute approximate surface area is 153 Å². The average Bonchev–Trinajstić information content (AvgIpc) is 2.99. The third-order valence-corrected chi connectivity index (χ3v) is 9.20. The molecule has 0 aromatic carbocycles. The van der Waals surface area contributed by atoms with Crippen molar-refractivity contribution in [3.8, 4) is 0 Å². The molecule has 0 amide bonds. The van der Waals surface area contributed by atoms with Gasteiger partial charge < -0.3 is 0 Å². The Hall–Kier alpha value is -0.920. The van der Waals surface area contributed by atoms with Gasteiger partial charge in [0.15, 0.2) is 0 Å². The zero-order chi connectivity index (χ0) is 17.0. The minimum Gasteiger partial charge on any atom is -0.245 e. The molecule has 0 radical (unpaired) electrons. The Kier molecular flexibility index (Phi) is 3.95. The number of hydrogen-bond donors (Lipinski definition) is 0. The van der Waals surface area contributed by atoms with E-state index < -0.39 is 0 Å². The van der Waals surface area contributed by atoms with Crippen molar-refractivity contribution in [2.24, 2.45) is 40.9 Å². The summed E-state index contributed by atoms with van der Waals surface area (Å²) in [6, 6.07) is 0. The lowest BCUT2D eigenvalue weighted by molar-refractivity contribution is -0.0595. The van der Waals surface area contributed by atoms with Gasteiger partial charge in [0, 0.05) is 12.4 Å². The summed E-state index contributed by atoms with van der Waals surface area (Å²) in [7, 11) is 0. The van der Waals surface area contributed by atoms with Crippen molar-refractivity contribution in [3.63, 3.8) is 0 Å². The molecule has 4 saturated carbocycles. The predicted octanol–water partition coefficient (Wildman–Crippen LogP) is 5.85. The third-order valence-electron chi connectivity index (χ3n) is 9.20. The average molecular weight is 339 g/mol. The Morgan fingerprint density at radius 3 is 2.52 bits per heavy atom. The second-order valence-electron chi connectivity index (χ2n) is 10.2. The van der Waals surface area contributed by atoms with Gasteiger partial charge in [-0.25, -0.2) is 9.97 Å². The largest absolute Gasteiger partial charge is 0.245 e. The van der Waals surface area contributed by atoms with Gasteiger partial charge in [0.05, 0.1) is 0 Å². The molecule has 0 aliphatic heterocycles. The Morgan fingerprint density at radius 2 is 1.68 bits per heavy atom. The molecule has 4 fully saturated rings. The van der Waals surface area contributed by atoms with Crippen LogP contribution in [-0.2, 0) is 0 Å². The SMILES string of the molecule is CC1CCC2C(CCC3C2CCC2(C)C(c4cncnc4)CCC32)C1. The van der Waals surface area contributed by atoms with E-state index in [4.69, 9.17) is 0 Å². The summed E-state index contributed by atoms with van der Waals surface area (Å²) in [5, 5.41) is 0. The molecule has 1 heterocycles. The van der Waals surface area contributed by atoms with Crippen LogP contribution in [0, 0.1) is 40.9 Å². The van der Waals surface area contributed by atoms with E-state index in [1.165, 1.54) is 63.4 Å². The molecule has 2 nitrogen and oxygen atoms in total. The summed E-state index contributed by atoms with van der Waals surface area (Å²) in [6.45, 7) is 5.11. The zero-order valence-corrected chi connectivity index (χ0v) is 16.0. The molecule has 0 spiro atoms. The molecule has 8 unspecified atom stereocenters. The van der Waals surface area contributed by atoms with Gasteiger partial charge in [-0.1, -0.05) is 20.3 Å². The van der Waals surface area contributed by atoms with Crippen molar-refractivity contribution in [2.45, 2.75) is 77.6 Å². The fraction of sp³-hybridized carbons (Fsp3) is 0.826. The maximum Gasteiger partial charge on any atom is 0.115 e. The third kappa shape index (κ3) is 2.50. The van der Waals surface area contributed by atoms with Crippen molar-refractivity contribution in [2.75, 3.05) is 0 Å². The highest BCUT2D eigenvalue weighted by Crippen LogP contribution is 2.66. The van der Waals surface area contributed by atoms with E-state index in [9.17, 15) is 0 Å². The van der Waals surface area contributed by atoms with Crippen LogP contribution in [-0.4, -0.2) is 9.97 Å². The fourth-order valence-corrected chi connectivity index (χ4v) is 8.13. The smallest absolute Gasteiger partial charge is 0.115 e. The molecule has 5 rings (SSSR count). The van der Waals surface area contributed by atoms with Crippen LogP contribution < -0.4 is 0 Å². The predicted molar refractivity (Wildman–Crippen MR) is 101 cm³/mol. The summed E-state index contributed by atoms with van der Waals surface area (Å²) in [4.78, 5) is 8.66. The first-order valence-electron chi connectivity index (χ1n) is 10.9.